The summed E-state index contributed by atoms with van der Waals surface area (Å²) in [6.45, 7) is 0. The highest BCUT2D eigenvalue weighted by Crippen LogP contribution is 2.36. The Kier molecular flexibility index (Phi) is 9.18. The van der Waals surface area contributed by atoms with Crippen LogP contribution in [-0.2, 0) is 12.8 Å². The first-order chi connectivity index (χ1) is 16.4. The van der Waals surface area contributed by atoms with Crippen LogP contribution >= 0.6 is 0 Å². The zero-order valence-corrected chi connectivity index (χ0v) is 20.0. The fraction of sp³-hybridized carbons (Fsp3) is 0.333. The van der Waals surface area contributed by atoms with Crippen molar-refractivity contribution in [2.24, 2.45) is 0 Å². The minimum Gasteiger partial charge on any atom is -0.0813 e. The molecule has 0 unspecified atom stereocenters. The highest BCUT2D eigenvalue weighted by molar-refractivity contribution is 5.28. The van der Waals surface area contributed by atoms with Crippen LogP contribution in [0, 0.1) is 0 Å². The Morgan fingerprint density at radius 1 is 0.667 bits per heavy atom. The van der Waals surface area contributed by atoms with E-state index >= 15 is 0 Å². The van der Waals surface area contributed by atoms with Gasteiger partial charge in [-0.3, -0.25) is 0 Å². The van der Waals surface area contributed by atoms with Gasteiger partial charge in [-0.05, 0) is 86.8 Å². The molecule has 1 aliphatic rings. The number of allylic oxidation sites excluding steroid dienone is 4. The molecule has 0 bridgehead atoms. The summed E-state index contributed by atoms with van der Waals surface area (Å²) >= 11 is 0. The Hall–Kier alpha value is -2.86. The molecule has 33 heavy (non-hydrogen) atoms. The maximum Gasteiger partial charge on any atom is -0.0156 e. The van der Waals surface area contributed by atoms with E-state index in [0.717, 1.165) is 5.92 Å². The van der Waals surface area contributed by atoms with Crippen molar-refractivity contribution in [2.45, 2.75) is 70.1 Å². The summed E-state index contributed by atoms with van der Waals surface area (Å²) in [6, 6.07) is 32.9. The number of aryl methyl sites for hydroxylation is 2. The second-order valence-electron chi connectivity index (χ2n) is 9.48. The normalized spacial score (nSPS) is 16.5. The van der Waals surface area contributed by atoms with Crippen molar-refractivity contribution >= 4 is 0 Å². The first-order valence-corrected chi connectivity index (χ1v) is 12.9. The van der Waals surface area contributed by atoms with Crippen molar-refractivity contribution in [1.29, 1.82) is 0 Å². The zero-order chi connectivity index (χ0) is 22.6. The molecule has 170 valence electrons. The fourth-order valence-electron chi connectivity index (χ4n) is 5.07. The van der Waals surface area contributed by atoms with Crippen LogP contribution < -0.4 is 0 Å². The van der Waals surface area contributed by atoms with Gasteiger partial charge in [-0.1, -0.05) is 114 Å². The van der Waals surface area contributed by atoms with E-state index in [1.807, 2.05) is 0 Å². The molecule has 1 fully saturated rings. The van der Waals surface area contributed by atoms with E-state index < -0.39 is 0 Å². The van der Waals surface area contributed by atoms with Gasteiger partial charge < -0.3 is 0 Å². The molecule has 1 saturated carbocycles. The molecule has 0 saturated heterocycles. The summed E-state index contributed by atoms with van der Waals surface area (Å²) in [5.41, 5.74) is 7.66. The van der Waals surface area contributed by atoms with Crippen LogP contribution in [0.2, 0.25) is 0 Å². The summed E-state index contributed by atoms with van der Waals surface area (Å²) < 4.78 is 0. The molecule has 4 rings (SSSR count). The average molecular weight is 435 g/mol. The third kappa shape index (κ3) is 7.90. The van der Waals surface area contributed by atoms with Gasteiger partial charge in [0.15, 0.2) is 0 Å². The molecule has 0 aromatic heterocycles. The first kappa shape index (κ1) is 23.3. The molecule has 3 aromatic carbocycles. The monoisotopic (exact) mass is 434 g/mol. The third-order valence-electron chi connectivity index (χ3n) is 6.98. The van der Waals surface area contributed by atoms with Gasteiger partial charge in [0.05, 0.1) is 0 Å². The lowest BCUT2D eigenvalue weighted by Crippen LogP contribution is -2.06. The molecule has 0 nitrogen and oxygen atoms in total. The molecule has 3 aromatic rings. The van der Waals surface area contributed by atoms with Crippen molar-refractivity contribution in [3.8, 4) is 0 Å². The van der Waals surface area contributed by atoms with Crippen molar-refractivity contribution in [1.82, 2.24) is 0 Å². The van der Waals surface area contributed by atoms with Crippen LogP contribution in [0.25, 0.3) is 0 Å². The van der Waals surface area contributed by atoms with E-state index in [1.54, 1.807) is 11.1 Å². The SMILES string of the molecule is C(=C1CCC(c2ccccc2)CC1)/C(=C/CCCc1ccccc1)CCCc1ccccc1. The molecule has 0 radical (unpaired) electrons. The Labute approximate surface area is 201 Å². The second kappa shape index (κ2) is 13.0. The third-order valence-corrected chi connectivity index (χ3v) is 6.98. The molecule has 0 spiro atoms. The van der Waals surface area contributed by atoms with Crippen molar-refractivity contribution in [3.05, 3.63) is 131 Å². The second-order valence-corrected chi connectivity index (χ2v) is 9.48. The van der Waals surface area contributed by atoms with E-state index in [0.29, 0.717) is 0 Å². The topological polar surface area (TPSA) is 0 Å². The lowest BCUT2D eigenvalue weighted by Gasteiger charge is -2.24. The number of hydrogen-bond acceptors (Lipinski definition) is 0. The summed E-state index contributed by atoms with van der Waals surface area (Å²) in [7, 11) is 0. The van der Waals surface area contributed by atoms with E-state index in [-0.39, 0.29) is 0 Å². The van der Waals surface area contributed by atoms with Crippen molar-refractivity contribution in [3.63, 3.8) is 0 Å². The molecule has 0 N–H and O–H groups in total. The molecule has 0 heteroatoms. The van der Waals surface area contributed by atoms with E-state index in [2.05, 4.69) is 103 Å². The minimum atomic E-state index is 0.736. The maximum absolute atomic E-state index is 2.56. The molecule has 0 atom stereocenters. The maximum atomic E-state index is 2.56. The van der Waals surface area contributed by atoms with Gasteiger partial charge in [-0.25, -0.2) is 0 Å². The number of unbranched alkanes of at least 4 members (excludes halogenated alkanes) is 1. The van der Waals surface area contributed by atoms with Crippen molar-refractivity contribution < 1.29 is 0 Å². The fourth-order valence-corrected chi connectivity index (χ4v) is 5.07. The number of benzene rings is 3. The van der Waals surface area contributed by atoms with Crippen LogP contribution in [0.15, 0.2) is 114 Å². The van der Waals surface area contributed by atoms with Crippen LogP contribution in [0.3, 0.4) is 0 Å². The van der Waals surface area contributed by atoms with Gasteiger partial charge in [0.25, 0.3) is 0 Å². The van der Waals surface area contributed by atoms with Crippen LogP contribution in [0.5, 0.6) is 0 Å². The predicted molar refractivity (Wildman–Crippen MR) is 143 cm³/mol. The molecule has 0 heterocycles. The van der Waals surface area contributed by atoms with Gasteiger partial charge in [0.1, 0.15) is 0 Å². The zero-order valence-electron chi connectivity index (χ0n) is 20.0. The predicted octanol–water partition coefficient (Wildman–Crippen LogP) is 9.24. The Morgan fingerprint density at radius 3 is 1.82 bits per heavy atom. The quantitative estimate of drug-likeness (QED) is 0.279. The average Bonchev–Trinajstić information content (AvgIpc) is 2.89. The van der Waals surface area contributed by atoms with Gasteiger partial charge in [-0.15, -0.1) is 0 Å². The van der Waals surface area contributed by atoms with Crippen LogP contribution in [0.1, 0.15) is 74.0 Å². The van der Waals surface area contributed by atoms with Gasteiger partial charge >= 0.3 is 0 Å². The summed E-state index contributed by atoms with van der Waals surface area (Å²) in [4.78, 5) is 0. The molecule has 0 aliphatic heterocycles. The highest BCUT2D eigenvalue weighted by Gasteiger charge is 2.18. The number of hydrogen-bond donors (Lipinski definition) is 0. The van der Waals surface area contributed by atoms with Gasteiger partial charge in [-0.2, -0.15) is 0 Å². The smallest absolute Gasteiger partial charge is 0.0156 e. The molecular weight excluding hydrogens is 396 g/mol. The van der Waals surface area contributed by atoms with E-state index in [4.69, 9.17) is 0 Å². The van der Waals surface area contributed by atoms with E-state index in [9.17, 15) is 0 Å². The van der Waals surface area contributed by atoms with Crippen LogP contribution in [0.4, 0.5) is 0 Å². The molecule has 0 amide bonds. The lowest BCUT2D eigenvalue weighted by molar-refractivity contribution is 0.516. The van der Waals surface area contributed by atoms with E-state index in [1.165, 1.54) is 80.9 Å². The lowest BCUT2D eigenvalue weighted by atomic mass is 9.81. The largest absolute Gasteiger partial charge is 0.0813 e. The Morgan fingerprint density at radius 2 is 1.21 bits per heavy atom. The van der Waals surface area contributed by atoms with Crippen LogP contribution in [-0.4, -0.2) is 0 Å². The summed E-state index contributed by atoms with van der Waals surface area (Å²) in [6.07, 6.45) is 17.3. The van der Waals surface area contributed by atoms with Crippen molar-refractivity contribution in [2.75, 3.05) is 0 Å². The summed E-state index contributed by atoms with van der Waals surface area (Å²) in [5.74, 6) is 0.736. The Bertz CT molecular complexity index is 986. The van der Waals surface area contributed by atoms with Gasteiger partial charge in [0, 0.05) is 0 Å². The Balaban J connectivity index is 1.33. The molecular formula is C33H38. The molecule has 1 aliphatic carbocycles. The highest BCUT2D eigenvalue weighted by atomic mass is 14.2. The summed E-state index contributed by atoms with van der Waals surface area (Å²) in [5, 5.41) is 0. The standard InChI is InChI=1S/C33H38/c1-4-13-28(14-5-1)17-10-11-18-30(20-12-19-29-15-6-2-7-16-29)27-31-23-25-33(26-24-31)32-21-8-3-9-22-32/h1-9,13-16,18,21-22,27,33H,10-12,17,19-20,23-26H2/b30-18+,31-27?. The minimum absolute atomic E-state index is 0.736. The number of rotatable bonds is 10. The first-order valence-electron chi connectivity index (χ1n) is 12.9. The van der Waals surface area contributed by atoms with Gasteiger partial charge in [0.2, 0.25) is 0 Å².